The molecule has 0 N–H and O–H groups in total. The van der Waals surface area contributed by atoms with Gasteiger partial charge in [-0.1, -0.05) is 36.9 Å². The molecule has 1 aromatic heterocycles. The van der Waals surface area contributed by atoms with Crippen molar-refractivity contribution >= 4 is 16.9 Å². The van der Waals surface area contributed by atoms with Crippen molar-refractivity contribution in [2.75, 3.05) is 0 Å². The molecule has 70 valence electrons. The van der Waals surface area contributed by atoms with Gasteiger partial charge in [-0.15, -0.1) is 0 Å². The number of allylic oxidation sites excluding steroid dienone is 1. The molecule has 0 aliphatic heterocycles. The third-order valence-corrected chi connectivity index (χ3v) is 2.91. The van der Waals surface area contributed by atoms with Crippen LogP contribution >= 0.6 is 11.3 Å². The first-order valence-electron chi connectivity index (χ1n) is 4.60. The Labute approximate surface area is 88.5 Å². The fourth-order valence-corrected chi connectivity index (χ4v) is 2.08. The topological polar surface area (TPSA) is 0 Å². The third kappa shape index (κ3) is 2.12. The highest BCUT2D eigenvalue weighted by Crippen LogP contribution is 2.18. The summed E-state index contributed by atoms with van der Waals surface area (Å²) in [7, 11) is 0. The van der Waals surface area contributed by atoms with Crippen LogP contribution < -0.4 is 0 Å². The van der Waals surface area contributed by atoms with Gasteiger partial charge in [-0.3, -0.25) is 0 Å². The average molecular weight is 200 g/mol. The van der Waals surface area contributed by atoms with E-state index >= 15 is 0 Å². The van der Waals surface area contributed by atoms with Crippen molar-refractivity contribution in [1.29, 1.82) is 0 Å². The average Bonchev–Trinajstić information content (AvgIpc) is 2.72. The van der Waals surface area contributed by atoms with Crippen molar-refractivity contribution in [3.05, 3.63) is 64.9 Å². The van der Waals surface area contributed by atoms with Crippen LogP contribution in [0.5, 0.6) is 0 Å². The molecule has 0 fully saturated rings. The quantitative estimate of drug-likeness (QED) is 0.702. The Kier molecular flexibility index (Phi) is 2.80. The molecule has 0 radical (unpaired) electrons. The summed E-state index contributed by atoms with van der Waals surface area (Å²) in [6.07, 6.45) is 0.952. The van der Waals surface area contributed by atoms with Gasteiger partial charge in [0.25, 0.3) is 0 Å². The van der Waals surface area contributed by atoms with E-state index in [1.807, 2.05) is 18.2 Å². The van der Waals surface area contributed by atoms with E-state index < -0.39 is 0 Å². The standard InChI is InChI=1S/C13H12S/c1-11(9-12-7-8-14-10-12)13-5-3-2-4-6-13/h2-8,10H,1,9H2. The molecule has 0 unspecified atom stereocenters. The highest BCUT2D eigenvalue weighted by Gasteiger charge is 1.99. The maximum absolute atomic E-state index is 4.10. The smallest absolute Gasteiger partial charge is 0.00175 e. The normalized spacial score (nSPS) is 10.0. The lowest BCUT2D eigenvalue weighted by Crippen LogP contribution is -1.86. The molecule has 0 nitrogen and oxygen atoms in total. The third-order valence-electron chi connectivity index (χ3n) is 2.18. The molecule has 0 amide bonds. The minimum absolute atomic E-state index is 0.952. The Hall–Kier alpha value is -1.34. The van der Waals surface area contributed by atoms with Gasteiger partial charge >= 0.3 is 0 Å². The maximum atomic E-state index is 4.10. The van der Waals surface area contributed by atoms with Crippen molar-refractivity contribution in [1.82, 2.24) is 0 Å². The van der Waals surface area contributed by atoms with Crippen LogP contribution in [0.15, 0.2) is 53.7 Å². The van der Waals surface area contributed by atoms with E-state index in [9.17, 15) is 0 Å². The molecule has 0 saturated heterocycles. The molecule has 0 saturated carbocycles. The van der Waals surface area contributed by atoms with E-state index in [1.165, 1.54) is 16.7 Å². The van der Waals surface area contributed by atoms with Crippen molar-refractivity contribution in [2.24, 2.45) is 0 Å². The molecule has 14 heavy (non-hydrogen) atoms. The van der Waals surface area contributed by atoms with Crippen molar-refractivity contribution in [2.45, 2.75) is 6.42 Å². The number of thiophene rings is 1. The Morgan fingerprint density at radius 2 is 1.93 bits per heavy atom. The van der Waals surface area contributed by atoms with Gasteiger partial charge in [-0.2, -0.15) is 11.3 Å². The summed E-state index contributed by atoms with van der Waals surface area (Å²) in [6, 6.07) is 12.5. The first kappa shape index (κ1) is 9.22. The molecule has 2 aromatic rings. The molecule has 1 heteroatoms. The summed E-state index contributed by atoms with van der Waals surface area (Å²) in [5, 5.41) is 4.28. The predicted octanol–water partition coefficient (Wildman–Crippen LogP) is 4.00. The largest absolute Gasteiger partial charge is 0.152 e. The summed E-state index contributed by atoms with van der Waals surface area (Å²) in [5.74, 6) is 0. The summed E-state index contributed by atoms with van der Waals surface area (Å²) < 4.78 is 0. The van der Waals surface area contributed by atoms with Crippen molar-refractivity contribution in [3.8, 4) is 0 Å². The molecular weight excluding hydrogens is 188 g/mol. The molecule has 2 rings (SSSR count). The first-order valence-corrected chi connectivity index (χ1v) is 5.55. The zero-order chi connectivity index (χ0) is 9.80. The predicted molar refractivity (Wildman–Crippen MR) is 63.5 cm³/mol. The van der Waals surface area contributed by atoms with Crippen LogP contribution in [-0.4, -0.2) is 0 Å². The minimum Gasteiger partial charge on any atom is -0.152 e. The van der Waals surface area contributed by atoms with E-state index in [1.54, 1.807) is 11.3 Å². The van der Waals surface area contributed by atoms with E-state index in [2.05, 4.69) is 35.5 Å². The SMILES string of the molecule is C=C(Cc1ccsc1)c1ccccc1. The number of rotatable bonds is 3. The second kappa shape index (κ2) is 4.25. The number of benzene rings is 1. The lowest BCUT2D eigenvalue weighted by Gasteiger charge is -2.03. The summed E-state index contributed by atoms with van der Waals surface area (Å²) >= 11 is 1.74. The zero-order valence-corrected chi connectivity index (χ0v) is 8.76. The molecule has 0 atom stereocenters. The fourth-order valence-electron chi connectivity index (χ4n) is 1.42. The van der Waals surface area contributed by atoms with Gasteiger partial charge in [0.05, 0.1) is 0 Å². The Balaban J connectivity index is 2.11. The van der Waals surface area contributed by atoms with Gasteiger partial charge in [0, 0.05) is 0 Å². The monoisotopic (exact) mass is 200 g/mol. The highest BCUT2D eigenvalue weighted by atomic mass is 32.1. The fraction of sp³-hybridized carbons (Fsp3) is 0.0769. The zero-order valence-electron chi connectivity index (χ0n) is 7.94. The van der Waals surface area contributed by atoms with Crippen LogP contribution in [0, 0.1) is 0 Å². The van der Waals surface area contributed by atoms with Gasteiger partial charge in [-0.05, 0) is 39.9 Å². The molecular formula is C13H12S. The molecule has 1 aromatic carbocycles. The van der Waals surface area contributed by atoms with Crippen LogP contribution in [0.2, 0.25) is 0 Å². The van der Waals surface area contributed by atoms with Crippen LogP contribution in [0.3, 0.4) is 0 Å². The molecule has 0 aliphatic carbocycles. The molecule has 0 bridgehead atoms. The van der Waals surface area contributed by atoms with E-state index in [0.29, 0.717) is 0 Å². The lowest BCUT2D eigenvalue weighted by atomic mass is 10.0. The van der Waals surface area contributed by atoms with Gasteiger partial charge < -0.3 is 0 Å². The van der Waals surface area contributed by atoms with Crippen LogP contribution in [0.4, 0.5) is 0 Å². The van der Waals surface area contributed by atoms with Gasteiger partial charge in [-0.25, -0.2) is 0 Å². The Morgan fingerprint density at radius 3 is 2.57 bits per heavy atom. The van der Waals surface area contributed by atoms with Crippen LogP contribution in [-0.2, 0) is 6.42 Å². The second-order valence-corrected chi connectivity index (χ2v) is 4.06. The van der Waals surface area contributed by atoms with E-state index in [-0.39, 0.29) is 0 Å². The first-order chi connectivity index (χ1) is 6.86. The number of hydrogen-bond donors (Lipinski definition) is 0. The lowest BCUT2D eigenvalue weighted by molar-refractivity contribution is 1.31. The number of hydrogen-bond acceptors (Lipinski definition) is 1. The van der Waals surface area contributed by atoms with Gasteiger partial charge in [0.1, 0.15) is 0 Å². The molecule has 0 spiro atoms. The Bertz CT molecular complexity index is 398. The molecule has 0 aliphatic rings. The van der Waals surface area contributed by atoms with Gasteiger partial charge in [0.2, 0.25) is 0 Å². The highest BCUT2D eigenvalue weighted by molar-refractivity contribution is 7.07. The molecule has 1 heterocycles. The van der Waals surface area contributed by atoms with E-state index in [4.69, 9.17) is 0 Å². The van der Waals surface area contributed by atoms with E-state index in [0.717, 1.165) is 6.42 Å². The van der Waals surface area contributed by atoms with Crippen LogP contribution in [0.1, 0.15) is 11.1 Å². The Morgan fingerprint density at radius 1 is 1.14 bits per heavy atom. The summed E-state index contributed by atoms with van der Waals surface area (Å²) in [6.45, 7) is 4.10. The second-order valence-electron chi connectivity index (χ2n) is 3.28. The maximum Gasteiger partial charge on any atom is -0.00175 e. The van der Waals surface area contributed by atoms with Crippen molar-refractivity contribution < 1.29 is 0 Å². The van der Waals surface area contributed by atoms with Crippen LogP contribution in [0.25, 0.3) is 5.57 Å². The van der Waals surface area contributed by atoms with Gasteiger partial charge in [0.15, 0.2) is 0 Å². The van der Waals surface area contributed by atoms with Crippen molar-refractivity contribution in [3.63, 3.8) is 0 Å². The summed E-state index contributed by atoms with van der Waals surface area (Å²) in [5.41, 5.74) is 3.77. The summed E-state index contributed by atoms with van der Waals surface area (Å²) in [4.78, 5) is 0. The minimum atomic E-state index is 0.952.